The van der Waals surface area contributed by atoms with Gasteiger partial charge >= 0.3 is 0 Å². The zero-order valence-electron chi connectivity index (χ0n) is 9.01. The Hall–Kier alpha value is -1.35. The van der Waals surface area contributed by atoms with Gasteiger partial charge in [0.2, 0.25) is 0 Å². The van der Waals surface area contributed by atoms with Crippen LogP contribution in [0.2, 0.25) is 0 Å². The minimum absolute atomic E-state index is 0.214. The normalized spacial score (nSPS) is 28.2. The predicted molar refractivity (Wildman–Crippen MR) is 59.7 cm³/mol. The summed E-state index contributed by atoms with van der Waals surface area (Å²) in [6.07, 6.45) is 4.01. The highest BCUT2D eigenvalue weighted by molar-refractivity contribution is 5.43. The molecule has 2 aromatic heterocycles. The summed E-state index contributed by atoms with van der Waals surface area (Å²) in [5.41, 5.74) is 8.54. The maximum atomic E-state index is 6.09. The van der Waals surface area contributed by atoms with Gasteiger partial charge in [-0.1, -0.05) is 19.9 Å². The Morgan fingerprint density at radius 3 is 2.80 bits per heavy atom. The van der Waals surface area contributed by atoms with Gasteiger partial charge in [-0.3, -0.25) is 0 Å². The van der Waals surface area contributed by atoms with E-state index in [0.29, 0.717) is 5.92 Å². The summed E-state index contributed by atoms with van der Waals surface area (Å²) < 4.78 is 2.14. The molecule has 2 aromatic rings. The quantitative estimate of drug-likeness (QED) is 0.764. The van der Waals surface area contributed by atoms with Crippen molar-refractivity contribution in [1.82, 2.24) is 9.38 Å². The number of rotatable bonds is 1. The molecule has 2 heterocycles. The third-order valence-electron chi connectivity index (χ3n) is 3.67. The fourth-order valence-corrected chi connectivity index (χ4v) is 2.42. The van der Waals surface area contributed by atoms with E-state index in [4.69, 9.17) is 5.73 Å². The molecule has 1 fully saturated rings. The molecular weight excluding hydrogens is 186 g/mol. The van der Waals surface area contributed by atoms with Crippen LogP contribution in [-0.2, 0) is 0 Å². The van der Waals surface area contributed by atoms with Crippen molar-refractivity contribution < 1.29 is 0 Å². The molecule has 1 saturated carbocycles. The van der Waals surface area contributed by atoms with Gasteiger partial charge in [-0.2, -0.15) is 0 Å². The van der Waals surface area contributed by atoms with E-state index in [-0.39, 0.29) is 11.5 Å². The van der Waals surface area contributed by atoms with Crippen LogP contribution in [0.5, 0.6) is 0 Å². The van der Waals surface area contributed by atoms with Crippen molar-refractivity contribution >= 4 is 5.65 Å². The number of aromatic nitrogens is 2. The zero-order valence-corrected chi connectivity index (χ0v) is 9.01. The molecule has 0 aromatic carbocycles. The zero-order chi connectivity index (χ0) is 10.6. The summed E-state index contributed by atoms with van der Waals surface area (Å²) in [6, 6.07) is 6.31. The van der Waals surface area contributed by atoms with Crippen LogP contribution in [-0.4, -0.2) is 15.4 Å². The van der Waals surface area contributed by atoms with Crippen LogP contribution in [0, 0.1) is 5.41 Å². The monoisotopic (exact) mass is 201 g/mol. The molecule has 0 aliphatic heterocycles. The highest BCUT2D eigenvalue weighted by Gasteiger charge is 2.57. The van der Waals surface area contributed by atoms with Crippen molar-refractivity contribution in [2.24, 2.45) is 11.1 Å². The molecular formula is C12H15N3. The second-order valence-corrected chi connectivity index (χ2v) is 4.94. The fourth-order valence-electron chi connectivity index (χ4n) is 2.42. The van der Waals surface area contributed by atoms with Gasteiger partial charge in [0.05, 0.1) is 0 Å². The number of nitrogens with zero attached hydrogens (tertiary/aromatic N) is 2. The second-order valence-electron chi connectivity index (χ2n) is 4.94. The average molecular weight is 201 g/mol. The molecule has 0 radical (unpaired) electrons. The Balaban J connectivity index is 2.14. The minimum atomic E-state index is 0.214. The summed E-state index contributed by atoms with van der Waals surface area (Å²) in [7, 11) is 0. The number of hydrogen-bond donors (Lipinski definition) is 1. The third kappa shape index (κ3) is 1.07. The van der Waals surface area contributed by atoms with E-state index in [1.165, 1.54) is 5.69 Å². The third-order valence-corrected chi connectivity index (χ3v) is 3.67. The largest absolute Gasteiger partial charge is 0.327 e. The number of pyridine rings is 1. The summed E-state index contributed by atoms with van der Waals surface area (Å²) in [5, 5.41) is 0. The van der Waals surface area contributed by atoms with Crippen LogP contribution >= 0.6 is 0 Å². The van der Waals surface area contributed by atoms with E-state index in [1.807, 2.05) is 24.4 Å². The first-order valence-corrected chi connectivity index (χ1v) is 5.30. The van der Waals surface area contributed by atoms with Crippen LogP contribution in [0.25, 0.3) is 5.65 Å². The highest BCUT2D eigenvalue weighted by atomic mass is 15.0. The molecule has 1 aliphatic rings. The van der Waals surface area contributed by atoms with Crippen LogP contribution in [0.1, 0.15) is 25.5 Å². The van der Waals surface area contributed by atoms with Gasteiger partial charge in [0.25, 0.3) is 0 Å². The lowest BCUT2D eigenvalue weighted by Gasteiger charge is -2.02. The van der Waals surface area contributed by atoms with E-state index in [1.54, 1.807) is 0 Å². The standard InChI is InChI=1S/C12H15N3/c1-12(2)10(11(12)13)8-7-14-9-5-3-4-6-15(8)9/h3-7,10-11H,13H2,1-2H3/t10-,11-/m1/s1. The van der Waals surface area contributed by atoms with E-state index >= 15 is 0 Å². The van der Waals surface area contributed by atoms with Crippen molar-refractivity contribution in [3.8, 4) is 0 Å². The smallest absolute Gasteiger partial charge is 0.136 e. The summed E-state index contributed by atoms with van der Waals surface area (Å²) in [5.74, 6) is 0.440. The molecule has 3 nitrogen and oxygen atoms in total. The van der Waals surface area contributed by atoms with Crippen molar-refractivity contribution in [1.29, 1.82) is 0 Å². The van der Waals surface area contributed by atoms with Crippen molar-refractivity contribution in [2.75, 3.05) is 0 Å². The lowest BCUT2D eigenvalue weighted by molar-refractivity contribution is 0.594. The van der Waals surface area contributed by atoms with Crippen LogP contribution in [0.3, 0.4) is 0 Å². The number of hydrogen-bond acceptors (Lipinski definition) is 2. The molecule has 0 bridgehead atoms. The van der Waals surface area contributed by atoms with E-state index in [9.17, 15) is 0 Å². The lowest BCUT2D eigenvalue weighted by atomic mass is 10.1. The molecule has 0 amide bonds. The van der Waals surface area contributed by atoms with E-state index in [0.717, 1.165) is 5.65 Å². The van der Waals surface area contributed by atoms with Gasteiger partial charge in [0, 0.05) is 30.0 Å². The van der Waals surface area contributed by atoms with Crippen molar-refractivity contribution in [3.05, 3.63) is 36.3 Å². The molecule has 1 aliphatic carbocycles. The Kier molecular flexibility index (Phi) is 1.55. The van der Waals surface area contributed by atoms with Gasteiger partial charge in [0.1, 0.15) is 5.65 Å². The SMILES string of the molecule is CC1(C)[C@H](N)[C@H]1c1cnc2ccccn12. The molecule has 0 unspecified atom stereocenters. The van der Waals surface area contributed by atoms with Crippen molar-refractivity contribution in [2.45, 2.75) is 25.8 Å². The topological polar surface area (TPSA) is 43.3 Å². The number of fused-ring (bicyclic) bond motifs is 1. The van der Waals surface area contributed by atoms with Crippen LogP contribution < -0.4 is 5.73 Å². The maximum Gasteiger partial charge on any atom is 0.136 e. The second kappa shape index (κ2) is 2.61. The molecule has 15 heavy (non-hydrogen) atoms. The lowest BCUT2D eigenvalue weighted by Crippen LogP contribution is -2.06. The Labute approximate surface area is 88.9 Å². The minimum Gasteiger partial charge on any atom is -0.327 e. The summed E-state index contributed by atoms with van der Waals surface area (Å²) in [6.45, 7) is 4.43. The van der Waals surface area contributed by atoms with Crippen LogP contribution in [0.15, 0.2) is 30.6 Å². The average Bonchev–Trinajstić information content (AvgIpc) is 2.63. The van der Waals surface area contributed by atoms with Crippen LogP contribution in [0.4, 0.5) is 0 Å². The molecule has 3 heteroatoms. The van der Waals surface area contributed by atoms with Crippen molar-refractivity contribution in [3.63, 3.8) is 0 Å². The summed E-state index contributed by atoms with van der Waals surface area (Å²) >= 11 is 0. The summed E-state index contributed by atoms with van der Waals surface area (Å²) in [4.78, 5) is 4.39. The predicted octanol–water partition coefficient (Wildman–Crippen LogP) is 1.78. The van der Waals surface area contributed by atoms with Gasteiger partial charge in [0.15, 0.2) is 0 Å². The molecule has 2 atom stereocenters. The fraction of sp³-hybridized carbons (Fsp3) is 0.417. The van der Waals surface area contributed by atoms with Gasteiger partial charge in [-0.15, -0.1) is 0 Å². The Morgan fingerprint density at radius 2 is 2.13 bits per heavy atom. The van der Waals surface area contributed by atoms with Gasteiger partial charge in [-0.05, 0) is 17.5 Å². The van der Waals surface area contributed by atoms with E-state index in [2.05, 4.69) is 29.4 Å². The Morgan fingerprint density at radius 1 is 1.40 bits per heavy atom. The molecule has 0 spiro atoms. The van der Waals surface area contributed by atoms with Gasteiger partial charge < -0.3 is 10.1 Å². The molecule has 0 saturated heterocycles. The first kappa shape index (κ1) is 8.92. The molecule has 78 valence electrons. The highest BCUT2D eigenvalue weighted by Crippen LogP contribution is 2.57. The molecule has 2 N–H and O–H groups in total. The Bertz CT molecular complexity index is 512. The first-order chi connectivity index (χ1) is 7.12. The first-order valence-electron chi connectivity index (χ1n) is 5.30. The van der Waals surface area contributed by atoms with Gasteiger partial charge in [-0.25, -0.2) is 4.98 Å². The number of imidazole rings is 1. The molecule has 3 rings (SSSR count). The maximum absolute atomic E-state index is 6.09. The number of nitrogens with two attached hydrogens (primary N) is 1. The van der Waals surface area contributed by atoms with E-state index < -0.39 is 0 Å².